The van der Waals surface area contributed by atoms with Crippen LogP contribution >= 0.6 is 27.7 Å². The number of aromatic nitrogens is 3. The molecule has 1 unspecified atom stereocenters. The minimum absolute atomic E-state index is 0.426. The minimum Gasteiger partial charge on any atom is -0.465 e. The highest BCUT2D eigenvalue weighted by Gasteiger charge is 2.24. The van der Waals surface area contributed by atoms with E-state index in [1.807, 2.05) is 42.5 Å². The zero-order valence-electron chi connectivity index (χ0n) is 14.1. The molecule has 0 bridgehead atoms. The number of furan rings is 1. The van der Waals surface area contributed by atoms with E-state index in [0.29, 0.717) is 22.5 Å². The molecule has 6 nitrogen and oxygen atoms in total. The smallest absolute Gasteiger partial charge is 0.247 e. The summed E-state index contributed by atoms with van der Waals surface area (Å²) >= 11 is 4.96. The molecule has 1 aromatic carbocycles. The van der Waals surface area contributed by atoms with Crippen LogP contribution in [-0.2, 0) is 0 Å². The molecule has 1 N–H and O–H groups in total. The number of ether oxygens (including phenoxy) is 1. The van der Waals surface area contributed by atoms with Gasteiger partial charge in [0.15, 0.2) is 11.9 Å². The predicted molar refractivity (Wildman–Crippen MR) is 110 cm³/mol. The van der Waals surface area contributed by atoms with Gasteiger partial charge < -0.3 is 14.5 Å². The number of rotatable bonds is 5. The molecule has 0 radical (unpaired) electrons. The number of nitrogens with zero attached hydrogens (tertiary/aromatic N) is 3. The molecule has 2 aromatic heterocycles. The highest BCUT2D eigenvalue weighted by atomic mass is 79.9. The molecule has 0 aliphatic carbocycles. The number of thioether (sulfide) groups is 1. The fourth-order valence-corrected chi connectivity index (χ4v) is 3.41. The number of halogens is 1. The van der Waals surface area contributed by atoms with E-state index in [0.717, 1.165) is 21.5 Å². The number of hydrogen-bond donors (Lipinski definition) is 1. The van der Waals surface area contributed by atoms with Crippen molar-refractivity contribution in [2.45, 2.75) is 11.4 Å². The minimum atomic E-state index is -0.440. The summed E-state index contributed by atoms with van der Waals surface area (Å²) in [5.74, 6) is 1.86. The molecule has 3 heterocycles. The Hall–Kier alpha value is -2.58. The topological polar surface area (TPSA) is 73.1 Å². The predicted octanol–water partition coefficient (Wildman–Crippen LogP) is 5.02. The van der Waals surface area contributed by atoms with Crippen molar-refractivity contribution in [3.63, 3.8) is 0 Å². The SMILES string of the molecule is C=CCSc1nnc2c(n1)OC(/C=C/c1ccco1)Nc1ccc(Br)cc1-2. The monoisotopic (exact) mass is 442 g/mol. The first-order chi connectivity index (χ1) is 13.2. The fourth-order valence-electron chi connectivity index (χ4n) is 2.54. The lowest BCUT2D eigenvalue weighted by molar-refractivity contribution is 0.266. The van der Waals surface area contributed by atoms with Gasteiger partial charge in [-0.3, -0.25) is 0 Å². The van der Waals surface area contributed by atoms with Gasteiger partial charge in [-0.25, -0.2) is 0 Å². The van der Waals surface area contributed by atoms with Gasteiger partial charge in [0.1, 0.15) is 5.76 Å². The van der Waals surface area contributed by atoms with Gasteiger partial charge in [0, 0.05) is 21.5 Å². The average Bonchev–Trinajstić information content (AvgIpc) is 3.14. The second-order valence-corrected chi connectivity index (χ2v) is 7.50. The number of hydrogen-bond acceptors (Lipinski definition) is 7. The van der Waals surface area contributed by atoms with Crippen LogP contribution in [0.15, 0.2) is 69.4 Å². The van der Waals surface area contributed by atoms with Gasteiger partial charge in [-0.2, -0.15) is 4.98 Å². The molecule has 4 rings (SSSR count). The van der Waals surface area contributed by atoms with Crippen molar-refractivity contribution in [3.8, 4) is 17.1 Å². The summed E-state index contributed by atoms with van der Waals surface area (Å²) in [5, 5.41) is 12.5. The third-order valence-electron chi connectivity index (χ3n) is 3.72. The summed E-state index contributed by atoms with van der Waals surface area (Å²) in [5.41, 5.74) is 2.35. The maximum Gasteiger partial charge on any atom is 0.247 e. The first-order valence-corrected chi connectivity index (χ1v) is 9.94. The van der Waals surface area contributed by atoms with Crippen molar-refractivity contribution >= 4 is 39.5 Å². The first kappa shape index (κ1) is 17.8. The molecule has 1 aliphatic rings. The normalized spacial score (nSPS) is 15.4. The molecule has 27 heavy (non-hydrogen) atoms. The molecular weight excluding hydrogens is 428 g/mol. The molecule has 0 spiro atoms. The van der Waals surface area contributed by atoms with Gasteiger partial charge in [0.2, 0.25) is 11.0 Å². The number of nitrogens with one attached hydrogen (secondary N) is 1. The summed E-state index contributed by atoms with van der Waals surface area (Å²) in [6, 6.07) is 9.60. The van der Waals surface area contributed by atoms with E-state index in [1.165, 1.54) is 11.8 Å². The van der Waals surface area contributed by atoms with Crippen LogP contribution in [0.3, 0.4) is 0 Å². The Morgan fingerprint density at radius 3 is 3.04 bits per heavy atom. The van der Waals surface area contributed by atoms with E-state index in [4.69, 9.17) is 9.15 Å². The Morgan fingerprint density at radius 2 is 2.22 bits per heavy atom. The summed E-state index contributed by atoms with van der Waals surface area (Å²) < 4.78 is 12.4. The summed E-state index contributed by atoms with van der Waals surface area (Å²) in [7, 11) is 0. The van der Waals surface area contributed by atoms with Crippen molar-refractivity contribution in [1.29, 1.82) is 0 Å². The van der Waals surface area contributed by atoms with Crippen molar-refractivity contribution in [2.24, 2.45) is 0 Å². The summed E-state index contributed by atoms with van der Waals surface area (Å²) in [6.45, 7) is 3.72. The van der Waals surface area contributed by atoms with E-state index in [1.54, 1.807) is 12.3 Å². The van der Waals surface area contributed by atoms with Gasteiger partial charge >= 0.3 is 0 Å². The van der Waals surface area contributed by atoms with Crippen LogP contribution in [0.4, 0.5) is 5.69 Å². The van der Waals surface area contributed by atoms with Crippen molar-refractivity contribution in [2.75, 3.05) is 11.1 Å². The molecule has 3 aromatic rings. The summed E-state index contributed by atoms with van der Waals surface area (Å²) in [6.07, 6.45) is 6.71. The second kappa shape index (κ2) is 7.98. The third-order valence-corrected chi connectivity index (χ3v) is 5.04. The van der Waals surface area contributed by atoms with Crippen LogP contribution in [0.5, 0.6) is 5.88 Å². The molecule has 136 valence electrons. The van der Waals surface area contributed by atoms with Crippen LogP contribution in [0.25, 0.3) is 17.3 Å². The van der Waals surface area contributed by atoms with Crippen LogP contribution in [0.1, 0.15) is 5.76 Å². The Labute approximate surface area is 168 Å². The lowest BCUT2D eigenvalue weighted by atomic mass is 10.1. The molecule has 0 amide bonds. The van der Waals surface area contributed by atoms with Crippen molar-refractivity contribution in [1.82, 2.24) is 15.2 Å². The summed E-state index contributed by atoms with van der Waals surface area (Å²) in [4.78, 5) is 4.54. The number of fused-ring (bicyclic) bond motifs is 3. The Morgan fingerprint density at radius 1 is 1.30 bits per heavy atom. The standard InChI is InChI=1S/C19H15BrN4O2S/c1-2-10-27-19-22-18-17(23-24-19)14-11-12(20)5-7-15(14)21-16(26-18)8-6-13-4-3-9-25-13/h2-9,11,16,21H,1,10H2/b8-6+. The first-order valence-electron chi connectivity index (χ1n) is 8.16. The molecule has 8 heteroatoms. The van der Waals surface area contributed by atoms with E-state index in [9.17, 15) is 0 Å². The van der Waals surface area contributed by atoms with Crippen LogP contribution < -0.4 is 10.1 Å². The molecule has 1 atom stereocenters. The average molecular weight is 443 g/mol. The van der Waals surface area contributed by atoms with Gasteiger partial charge in [-0.05, 0) is 42.5 Å². The molecule has 0 fully saturated rings. The molecule has 0 saturated heterocycles. The van der Waals surface area contributed by atoms with Crippen molar-refractivity contribution in [3.05, 3.63) is 65.6 Å². The van der Waals surface area contributed by atoms with Gasteiger partial charge in [-0.15, -0.1) is 16.8 Å². The van der Waals surface area contributed by atoms with Gasteiger partial charge in [-0.1, -0.05) is 33.8 Å². The highest BCUT2D eigenvalue weighted by molar-refractivity contribution is 9.10. The Kier molecular flexibility index (Phi) is 5.26. The van der Waals surface area contributed by atoms with Gasteiger partial charge in [0.25, 0.3) is 0 Å². The van der Waals surface area contributed by atoms with E-state index in [2.05, 4.69) is 43.0 Å². The quantitative estimate of drug-likeness (QED) is 0.439. The van der Waals surface area contributed by atoms with E-state index >= 15 is 0 Å². The molecule has 1 aliphatic heterocycles. The number of anilines is 1. The van der Waals surface area contributed by atoms with Crippen LogP contribution in [0.2, 0.25) is 0 Å². The Balaban J connectivity index is 1.73. The second-order valence-electron chi connectivity index (χ2n) is 5.60. The van der Waals surface area contributed by atoms with Crippen molar-refractivity contribution < 1.29 is 9.15 Å². The van der Waals surface area contributed by atoms with E-state index in [-0.39, 0.29) is 0 Å². The molecule has 0 saturated carbocycles. The zero-order valence-corrected chi connectivity index (χ0v) is 16.5. The number of benzene rings is 1. The molecular formula is C19H15BrN4O2S. The third kappa shape index (κ3) is 4.06. The maximum atomic E-state index is 6.09. The highest BCUT2D eigenvalue weighted by Crippen LogP contribution is 2.38. The lowest BCUT2D eigenvalue weighted by Crippen LogP contribution is -2.23. The Bertz CT molecular complexity index is 991. The maximum absolute atomic E-state index is 6.09. The lowest BCUT2D eigenvalue weighted by Gasteiger charge is -2.15. The largest absolute Gasteiger partial charge is 0.465 e. The van der Waals surface area contributed by atoms with E-state index < -0.39 is 6.23 Å². The zero-order chi connectivity index (χ0) is 18.6. The fraction of sp³-hybridized carbons (Fsp3) is 0.105. The van der Waals surface area contributed by atoms with Gasteiger partial charge in [0.05, 0.1) is 6.26 Å². The van der Waals surface area contributed by atoms with Crippen LogP contribution in [-0.4, -0.2) is 27.2 Å². The van der Waals surface area contributed by atoms with Crippen LogP contribution in [0, 0.1) is 0 Å².